The lowest BCUT2D eigenvalue weighted by Gasteiger charge is -2.17. The van der Waals surface area contributed by atoms with E-state index in [0.29, 0.717) is 6.42 Å². The minimum absolute atomic E-state index is 0.0753. The van der Waals surface area contributed by atoms with Crippen molar-refractivity contribution in [2.24, 2.45) is 5.73 Å². The van der Waals surface area contributed by atoms with E-state index in [-0.39, 0.29) is 6.61 Å². The third-order valence-corrected chi connectivity index (χ3v) is 2.14. The Labute approximate surface area is 95.1 Å². The highest BCUT2D eigenvalue weighted by Gasteiger charge is 2.22. The Bertz CT molecular complexity index is 233. The van der Waals surface area contributed by atoms with Crippen molar-refractivity contribution in [2.75, 3.05) is 13.7 Å². The van der Waals surface area contributed by atoms with Crippen LogP contribution < -0.4 is 11.1 Å². The van der Waals surface area contributed by atoms with Crippen molar-refractivity contribution in [3.63, 3.8) is 0 Å². The first kappa shape index (κ1) is 14.9. The van der Waals surface area contributed by atoms with Crippen LogP contribution in [0.4, 0.5) is 0 Å². The molecule has 6 nitrogen and oxygen atoms in total. The highest BCUT2D eigenvalue weighted by molar-refractivity contribution is 5.86. The molecule has 94 valence electrons. The molecular weight excluding hydrogens is 212 g/mol. The van der Waals surface area contributed by atoms with Crippen LogP contribution in [-0.2, 0) is 14.3 Å². The molecule has 6 heteroatoms. The lowest BCUT2D eigenvalue weighted by molar-refractivity contribution is -0.142. The van der Waals surface area contributed by atoms with E-state index in [4.69, 9.17) is 15.6 Å². The van der Waals surface area contributed by atoms with Crippen molar-refractivity contribution in [2.45, 2.75) is 38.3 Å². The van der Waals surface area contributed by atoms with Gasteiger partial charge in [-0.25, -0.2) is 4.79 Å². The van der Waals surface area contributed by atoms with E-state index in [9.17, 15) is 9.59 Å². The smallest absolute Gasteiger partial charge is 0.326 e. The third-order valence-electron chi connectivity index (χ3n) is 2.14. The molecular formula is C10H20N2O4. The van der Waals surface area contributed by atoms with Gasteiger partial charge in [-0.15, -0.1) is 0 Å². The van der Waals surface area contributed by atoms with Crippen molar-refractivity contribution in [3.05, 3.63) is 0 Å². The summed E-state index contributed by atoms with van der Waals surface area (Å²) < 4.78 is 4.71. The van der Waals surface area contributed by atoms with Crippen LogP contribution in [0.5, 0.6) is 0 Å². The minimum atomic E-state index is -1.04. The number of nitrogens with two attached hydrogens (primary N) is 1. The molecule has 0 aromatic rings. The average molecular weight is 232 g/mol. The van der Waals surface area contributed by atoms with Gasteiger partial charge in [0.1, 0.15) is 12.1 Å². The van der Waals surface area contributed by atoms with E-state index in [1.165, 1.54) is 7.11 Å². The van der Waals surface area contributed by atoms with Gasteiger partial charge in [0.25, 0.3) is 0 Å². The summed E-state index contributed by atoms with van der Waals surface area (Å²) in [4.78, 5) is 22.3. The number of carbonyl (C=O) groups excluding carboxylic acids is 1. The van der Waals surface area contributed by atoms with E-state index in [1.54, 1.807) is 0 Å². The van der Waals surface area contributed by atoms with Crippen LogP contribution in [0.3, 0.4) is 0 Å². The number of amides is 1. The molecule has 0 aromatic heterocycles. The Balaban J connectivity index is 4.17. The molecule has 0 rings (SSSR count). The van der Waals surface area contributed by atoms with Crippen LogP contribution in [-0.4, -0.2) is 42.8 Å². The quantitative estimate of drug-likeness (QED) is 0.534. The van der Waals surface area contributed by atoms with Crippen LogP contribution in [0.25, 0.3) is 0 Å². The number of hydrogen-bond acceptors (Lipinski definition) is 4. The van der Waals surface area contributed by atoms with Gasteiger partial charge in [-0.1, -0.05) is 19.8 Å². The standard InChI is InChI=1S/C10H20N2O4/c1-3-4-5-8(10(14)15)12-9(13)7(11)6-16-2/h7-8H,3-6,11H2,1-2H3,(H,12,13)(H,14,15). The second-order valence-corrected chi connectivity index (χ2v) is 3.60. The average Bonchev–Trinajstić information content (AvgIpc) is 2.23. The van der Waals surface area contributed by atoms with Gasteiger partial charge < -0.3 is 20.9 Å². The van der Waals surface area contributed by atoms with Gasteiger partial charge in [-0.2, -0.15) is 0 Å². The molecule has 0 aromatic carbocycles. The summed E-state index contributed by atoms with van der Waals surface area (Å²) in [5.74, 6) is -1.53. The second kappa shape index (κ2) is 8.06. The molecule has 2 unspecified atom stereocenters. The Kier molecular flexibility index (Phi) is 7.49. The SMILES string of the molecule is CCCCC(NC(=O)C(N)COC)C(=O)O. The molecule has 0 aliphatic carbocycles. The fourth-order valence-electron chi connectivity index (χ4n) is 1.20. The molecule has 0 aliphatic heterocycles. The van der Waals surface area contributed by atoms with Gasteiger partial charge in [0, 0.05) is 7.11 Å². The van der Waals surface area contributed by atoms with E-state index >= 15 is 0 Å². The van der Waals surface area contributed by atoms with Gasteiger partial charge in [-0.3, -0.25) is 4.79 Å². The zero-order chi connectivity index (χ0) is 12.6. The maximum Gasteiger partial charge on any atom is 0.326 e. The lowest BCUT2D eigenvalue weighted by atomic mass is 10.1. The fraction of sp³-hybridized carbons (Fsp3) is 0.800. The maximum atomic E-state index is 11.4. The molecule has 0 bridgehead atoms. The van der Waals surface area contributed by atoms with Gasteiger partial charge in [0.05, 0.1) is 6.61 Å². The van der Waals surface area contributed by atoms with E-state index in [0.717, 1.165) is 12.8 Å². The summed E-state index contributed by atoms with van der Waals surface area (Å²) in [7, 11) is 1.43. The van der Waals surface area contributed by atoms with Crippen molar-refractivity contribution >= 4 is 11.9 Å². The Morgan fingerprint density at radius 3 is 2.56 bits per heavy atom. The number of methoxy groups -OCH3 is 1. The van der Waals surface area contributed by atoms with Crippen LogP contribution in [0.1, 0.15) is 26.2 Å². The predicted octanol–water partition coefficient (Wildman–Crippen LogP) is -0.280. The topological polar surface area (TPSA) is 102 Å². The van der Waals surface area contributed by atoms with Crippen LogP contribution >= 0.6 is 0 Å². The number of unbranched alkanes of at least 4 members (excludes halogenated alkanes) is 1. The van der Waals surface area contributed by atoms with Crippen molar-refractivity contribution in [1.29, 1.82) is 0 Å². The molecule has 0 fully saturated rings. The predicted molar refractivity (Wildman–Crippen MR) is 58.9 cm³/mol. The van der Waals surface area contributed by atoms with Crippen LogP contribution in [0.2, 0.25) is 0 Å². The summed E-state index contributed by atoms with van der Waals surface area (Å²) in [6, 6.07) is -1.69. The summed E-state index contributed by atoms with van der Waals surface area (Å²) in [6.07, 6.45) is 2.04. The molecule has 0 saturated carbocycles. The number of aliphatic carboxylic acids is 1. The Hall–Kier alpha value is -1.14. The highest BCUT2D eigenvalue weighted by atomic mass is 16.5. The van der Waals surface area contributed by atoms with Gasteiger partial charge in [0.15, 0.2) is 0 Å². The molecule has 0 radical (unpaired) electrons. The summed E-state index contributed by atoms with van der Waals surface area (Å²) >= 11 is 0. The number of hydrogen-bond donors (Lipinski definition) is 3. The Morgan fingerprint density at radius 2 is 2.12 bits per heavy atom. The maximum absolute atomic E-state index is 11.4. The number of ether oxygens (including phenoxy) is 1. The normalized spacial score (nSPS) is 14.2. The van der Waals surface area contributed by atoms with Gasteiger partial charge in [0.2, 0.25) is 5.91 Å². The van der Waals surface area contributed by atoms with E-state index in [1.807, 2.05) is 6.92 Å². The first-order valence-corrected chi connectivity index (χ1v) is 5.30. The van der Waals surface area contributed by atoms with Crippen molar-refractivity contribution in [1.82, 2.24) is 5.32 Å². The number of carboxylic acids is 1. The third kappa shape index (κ3) is 5.67. The summed E-state index contributed by atoms with van der Waals surface area (Å²) in [6.45, 7) is 2.03. The van der Waals surface area contributed by atoms with Crippen molar-refractivity contribution in [3.8, 4) is 0 Å². The molecule has 16 heavy (non-hydrogen) atoms. The molecule has 4 N–H and O–H groups in total. The number of carbonyl (C=O) groups is 2. The minimum Gasteiger partial charge on any atom is -0.480 e. The van der Waals surface area contributed by atoms with Crippen molar-refractivity contribution < 1.29 is 19.4 Å². The molecule has 0 heterocycles. The first-order chi connectivity index (χ1) is 7.52. The Morgan fingerprint density at radius 1 is 1.50 bits per heavy atom. The second-order valence-electron chi connectivity index (χ2n) is 3.60. The van der Waals surface area contributed by atoms with Crippen LogP contribution in [0.15, 0.2) is 0 Å². The van der Waals surface area contributed by atoms with E-state index < -0.39 is 24.0 Å². The monoisotopic (exact) mass is 232 g/mol. The molecule has 2 atom stereocenters. The van der Waals surface area contributed by atoms with Crippen LogP contribution in [0, 0.1) is 0 Å². The van der Waals surface area contributed by atoms with Gasteiger partial charge in [-0.05, 0) is 6.42 Å². The molecule has 0 saturated heterocycles. The largest absolute Gasteiger partial charge is 0.480 e. The highest BCUT2D eigenvalue weighted by Crippen LogP contribution is 2.01. The molecule has 0 spiro atoms. The summed E-state index contributed by atoms with van der Waals surface area (Å²) in [5.41, 5.74) is 5.47. The van der Waals surface area contributed by atoms with E-state index in [2.05, 4.69) is 5.32 Å². The molecule has 0 aliphatic rings. The number of nitrogens with one attached hydrogen (secondary N) is 1. The first-order valence-electron chi connectivity index (χ1n) is 5.30. The zero-order valence-corrected chi connectivity index (χ0v) is 9.73. The lowest BCUT2D eigenvalue weighted by Crippen LogP contribution is -2.50. The number of rotatable bonds is 8. The fourth-order valence-corrected chi connectivity index (χ4v) is 1.20. The zero-order valence-electron chi connectivity index (χ0n) is 9.73. The van der Waals surface area contributed by atoms with Gasteiger partial charge >= 0.3 is 5.97 Å². The summed E-state index contributed by atoms with van der Waals surface area (Å²) in [5, 5.41) is 11.3. The molecule has 1 amide bonds. The number of carboxylic acid groups (broad SMARTS) is 1.